The van der Waals surface area contributed by atoms with Crippen molar-refractivity contribution >= 4 is 11.8 Å². The summed E-state index contributed by atoms with van der Waals surface area (Å²) < 4.78 is 0.397. The fourth-order valence-electron chi connectivity index (χ4n) is 1.66. The summed E-state index contributed by atoms with van der Waals surface area (Å²) in [6.07, 6.45) is 4.63. The van der Waals surface area contributed by atoms with Crippen LogP contribution in [0.1, 0.15) is 51.2 Å². The van der Waals surface area contributed by atoms with E-state index in [2.05, 4.69) is 58.2 Å². The van der Waals surface area contributed by atoms with Crippen molar-refractivity contribution < 1.29 is 0 Å². The van der Waals surface area contributed by atoms with Gasteiger partial charge in [-0.15, -0.1) is 0 Å². The van der Waals surface area contributed by atoms with Crippen LogP contribution in [0, 0.1) is 0 Å². The molecule has 0 amide bonds. The number of rotatable bonds is 5. The molecule has 0 spiro atoms. The predicted octanol–water partition coefficient (Wildman–Crippen LogP) is 4.88. The number of thioether (sulfide) groups is 1. The van der Waals surface area contributed by atoms with Crippen molar-refractivity contribution in [3.05, 3.63) is 35.4 Å². The van der Waals surface area contributed by atoms with Gasteiger partial charge in [-0.05, 0) is 36.1 Å². The maximum Gasteiger partial charge on any atom is 0.0104 e. The maximum atomic E-state index is 2.36. The van der Waals surface area contributed by atoms with E-state index < -0.39 is 0 Å². The molecule has 1 aromatic carbocycles. The van der Waals surface area contributed by atoms with Gasteiger partial charge >= 0.3 is 0 Å². The molecule has 0 aliphatic heterocycles. The fourth-order valence-corrected chi connectivity index (χ4v) is 1.96. The summed E-state index contributed by atoms with van der Waals surface area (Å²) in [5, 5.41) is 0. The Morgan fingerprint density at radius 3 is 2.50 bits per heavy atom. The lowest BCUT2D eigenvalue weighted by Gasteiger charge is -2.21. The highest BCUT2D eigenvalue weighted by molar-refractivity contribution is 7.99. The molecule has 1 heteroatoms. The van der Waals surface area contributed by atoms with Crippen LogP contribution >= 0.6 is 11.8 Å². The Morgan fingerprint density at radius 2 is 1.94 bits per heavy atom. The Labute approximate surface area is 105 Å². The highest BCUT2D eigenvalue weighted by atomic mass is 32.2. The summed E-state index contributed by atoms with van der Waals surface area (Å²) in [5.74, 6) is 0.633. The van der Waals surface area contributed by atoms with Gasteiger partial charge in [-0.2, -0.15) is 11.8 Å². The van der Waals surface area contributed by atoms with E-state index in [0.717, 1.165) is 0 Å². The van der Waals surface area contributed by atoms with E-state index in [1.165, 1.54) is 24.0 Å². The zero-order valence-electron chi connectivity index (χ0n) is 11.2. The summed E-state index contributed by atoms with van der Waals surface area (Å²) >= 11 is 1.96. The molecular weight excluding hydrogens is 212 g/mol. The van der Waals surface area contributed by atoms with E-state index in [9.17, 15) is 0 Å². The lowest BCUT2D eigenvalue weighted by Crippen LogP contribution is -2.14. The van der Waals surface area contributed by atoms with Crippen molar-refractivity contribution in [3.8, 4) is 0 Å². The molecule has 0 aliphatic carbocycles. The van der Waals surface area contributed by atoms with Crippen LogP contribution in [0.2, 0.25) is 0 Å². The highest BCUT2D eigenvalue weighted by Gasteiger charge is 2.15. The Kier molecular flexibility index (Phi) is 4.91. The number of aryl methyl sites for hydroxylation is 1. The quantitative estimate of drug-likeness (QED) is 0.702. The molecule has 1 rings (SSSR count). The standard InChI is InChI=1S/C15H24S/c1-12(2)14-8-6-7-13(11-14)9-10-15(3,4)16-5/h6-8,11-12H,9-10H2,1-5H3. The zero-order chi connectivity index (χ0) is 12.2. The monoisotopic (exact) mass is 236 g/mol. The molecule has 0 saturated carbocycles. The second-order valence-electron chi connectivity index (χ2n) is 5.36. The molecule has 0 N–H and O–H groups in total. The SMILES string of the molecule is CSC(C)(C)CCc1cccc(C(C)C)c1. The van der Waals surface area contributed by atoms with Gasteiger partial charge < -0.3 is 0 Å². The highest BCUT2D eigenvalue weighted by Crippen LogP contribution is 2.27. The van der Waals surface area contributed by atoms with Gasteiger partial charge in [0, 0.05) is 4.75 Å². The van der Waals surface area contributed by atoms with Crippen molar-refractivity contribution in [3.63, 3.8) is 0 Å². The first-order valence-electron chi connectivity index (χ1n) is 6.08. The van der Waals surface area contributed by atoms with Crippen molar-refractivity contribution in [1.29, 1.82) is 0 Å². The van der Waals surface area contributed by atoms with Gasteiger partial charge in [0.15, 0.2) is 0 Å². The molecule has 0 aromatic heterocycles. The second-order valence-corrected chi connectivity index (χ2v) is 6.88. The van der Waals surface area contributed by atoms with Crippen LogP contribution in [-0.4, -0.2) is 11.0 Å². The summed E-state index contributed by atoms with van der Waals surface area (Å²) in [7, 11) is 0. The van der Waals surface area contributed by atoms with Gasteiger partial charge in [-0.1, -0.05) is 52.0 Å². The Bertz CT molecular complexity index is 326. The van der Waals surface area contributed by atoms with Crippen molar-refractivity contribution in [1.82, 2.24) is 0 Å². The van der Waals surface area contributed by atoms with Gasteiger partial charge in [-0.3, -0.25) is 0 Å². The first kappa shape index (κ1) is 13.6. The molecule has 0 nitrogen and oxygen atoms in total. The number of hydrogen-bond acceptors (Lipinski definition) is 1. The second kappa shape index (κ2) is 5.77. The lowest BCUT2D eigenvalue weighted by atomic mass is 9.97. The molecule has 0 unspecified atom stereocenters. The number of benzene rings is 1. The Hall–Kier alpha value is -0.430. The Balaban J connectivity index is 2.64. The average molecular weight is 236 g/mol. The van der Waals surface area contributed by atoms with E-state index in [1.54, 1.807) is 0 Å². The molecule has 0 atom stereocenters. The third-order valence-electron chi connectivity index (χ3n) is 3.19. The third-order valence-corrected chi connectivity index (χ3v) is 4.50. The van der Waals surface area contributed by atoms with Crippen molar-refractivity contribution in [2.24, 2.45) is 0 Å². The van der Waals surface area contributed by atoms with Crippen LogP contribution in [0.25, 0.3) is 0 Å². The minimum absolute atomic E-state index is 0.397. The molecule has 1 aromatic rings. The normalized spacial score (nSPS) is 12.1. The molecule has 0 radical (unpaired) electrons. The van der Waals surface area contributed by atoms with Crippen LogP contribution < -0.4 is 0 Å². The Morgan fingerprint density at radius 1 is 1.25 bits per heavy atom. The average Bonchev–Trinajstić information content (AvgIpc) is 2.27. The smallest absolute Gasteiger partial charge is 0.0104 e. The molecule has 0 saturated heterocycles. The van der Waals surface area contributed by atoms with E-state index in [1.807, 2.05) is 11.8 Å². The summed E-state index contributed by atoms with van der Waals surface area (Å²) in [5.41, 5.74) is 2.94. The molecule has 0 bridgehead atoms. The first-order valence-corrected chi connectivity index (χ1v) is 7.31. The molecule has 0 aliphatic rings. The molecule has 0 fully saturated rings. The molecule has 16 heavy (non-hydrogen) atoms. The largest absolute Gasteiger partial charge is 0.159 e. The third kappa shape index (κ3) is 4.21. The van der Waals surface area contributed by atoms with Gasteiger partial charge in [0.25, 0.3) is 0 Å². The summed E-state index contributed by atoms with van der Waals surface area (Å²) in [6.45, 7) is 9.16. The minimum atomic E-state index is 0.397. The van der Waals surface area contributed by atoms with Crippen LogP contribution in [0.4, 0.5) is 0 Å². The van der Waals surface area contributed by atoms with Crippen LogP contribution in [-0.2, 0) is 6.42 Å². The van der Waals surface area contributed by atoms with E-state index in [4.69, 9.17) is 0 Å². The molecular formula is C15H24S. The predicted molar refractivity (Wildman–Crippen MR) is 76.4 cm³/mol. The van der Waals surface area contributed by atoms with Crippen LogP contribution in [0.3, 0.4) is 0 Å². The zero-order valence-corrected chi connectivity index (χ0v) is 12.0. The molecule has 90 valence electrons. The summed E-state index contributed by atoms with van der Waals surface area (Å²) in [6, 6.07) is 9.04. The van der Waals surface area contributed by atoms with Gasteiger partial charge in [-0.25, -0.2) is 0 Å². The topological polar surface area (TPSA) is 0 Å². The van der Waals surface area contributed by atoms with Gasteiger partial charge in [0.2, 0.25) is 0 Å². The van der Waals surface area contributed by atoms with E-state index in [0.29, 0.717) is 10.7 Å². The number of hydrogen-bond donors (Lipinski definition) is 0. The van der Waals surface area contributed by atoms with Crippen molar-refractivity contribution in [2.75, 3.05) is 6.26 Å². The maximum absolute atomic E-state index is 2.36. The van der Waals surface area contributed by atoms with Crippen LogP contribution in [0.5, 0.6) is 0 Å². The van der Waals surface area contributed by atoms with E-state index >= 15 is 0 Å². The molecule has 0 heterocycles. The summed E-state index contributed by atoms with van der Waals surface area (Å²) in [4.78, 5) is 0. The van der Waals surface area contributed by atoms with Crippen molar-refractivity contribution in [2.45, 2.75) is 51.2 Å². The first-order chi connectivity index (χ1) is 7.44. The van der Waals surface area contributed by atoms with Gasteiger partial charge in [0.05, 0.1) is 0 Å². The van der Waals surface area contributed by atoms with Gasteiger partial charge in [0.1, 0.15) is 0 Å². The van der Waals surface area contributed by atoms with Crippen LogP contribution in [0.15, 0.2) is 24.3 Å². The lowest BCUT2D eigenvalue weighted by molar-refractivity contribution is 0.640. The minimum Gasteiger partial charge on any atom is -0.159 e. The van der Waals surface area contributed by atoms with E-state index in [-0.39, 0.29) is 0 Å². The fraction of sp³-hybridized carbons (Fsp3) is 0.600.